The van der Waals surface area contributed by atoms with Crippen LogP contribution in [-0.2, 0) is 7.05 Å². The van der Waals surface area contributed by atoms with Crippen molar-refractivity contribution in [2.75, 3.05) is 5.73 Å². The quantitative estimate of drug-likeness (QED) is 0.505. The molecule has 0 amide bonds. The normalized spacial score (nSPS) is 9.91. The summed E-state index contributed by atoms with van der Waals surface area (Å²) in [6.07, 6.45) is 0. The lowest BCUT2D eigenvalue weighted by Gasteiger charge is -1.89. The molecule has 0 atom stereocenters. The van der Waals surface area contributed by atoms with Gasteiger partial charge in [-0.2, -0.15) is 5.10 Å². The van der Waals surface area contributed by atoms with Crippen LogP contribution in [0.25, 0.3) is 0 Å². The van der Waals surface area contributed by atoms with Crippen LogP contribution in [0.2, 0.25) is 0 Å². The average molecular weight is 157 g/mol. The van der Waals surface area contributed by atoms with Crippen LogP contribution in [0.15, 0.2) is 0 Å². The summed E-state index contributed by atoms with van der Waals surface area (Å²) < 4.78 is 1.10. The molecule has 0 fully saturated rings. The second-order valence-corrected chi connectivity index (χ2v) is 2.01. The van der Waals surface area contributed by atoms with E-state index >= 15 is 0 Å². The van der Waals surface area contributed by atoms with Crippen molar-refractivity contribution in [2.45, 2.75) is 0 Å². The molecule has 0 unspecified atom stereocenters. The molecule has 6 nitrogen and oxygen atoms in total. The molecule has 0 aliphatic carbocycles. The lowest BCUT2D eigenvalue weighted by atomic mass is 10.4. The molecule has 0 saturated carbocycles. The van der Waals surface area contributed by atoms with Gasteiger partial charge in [0.1, 0.15) is 0 Å². The van der Waals surface area contributed by atoms with Gasteiger partial charge in [-0.25, -0.2) is 9.48 Å². The summed E-state index contributed by atoms with van der Waals surface area (Å²) in [6.45, 7) is 0. The summed E-state index contributed by atoms with van der Waals surface area (Å²) in [5, 5.41) is 20.9. The molecular weight excluding hydrogens is 150 g/mol. The Morgan fingerprint density at radius 2 is 2.27 bits per heavy atom. The predicted molar refractivity (Wildman–Crippen MR) is 36.2 cm³/mol. The molecule has 0 spiro atoms. The maximum atomic E-state index is 10.3. The van der Waals surface area contributed by atoms with E-state index in [0.29, 0.717) is 0 Å². The Morgan fingerprint density at radius 1 is 1.73 bits per heavy atom. The Hall–Kier alpha value is -1.72. The van der Waals surface area contributed by atoms with E-state index in [-0.39, 0.29) is 5.82 Å². The number of rotatable bonds is 1. The number of carboxylic acid groups (broad SMARTS) is 1. The maximum absolute atomic E-state index is 10.3. The van der Waals surface area contributed by atoms with E-state index in [1.807, 2.05) is 0 Å². The highest BCUT2D eigenvalue weighted by molar-refractivity contribution is 5.90. The molecule has 0 aliphatic heterocycles. The predicted octanol–water partition coefficient (Wildman–Crippen LogP) is -0.594. The molecule has 1 rings (SSSR count). The number of nitrogens with two attached hydrogens (primary N) is 1. The molecule has 4 N–H and O–H groups in total. The largest absolute Gasteiger partial charge is 0.503 e. The zero-order valence-corrected chi connectivity index (χ0v) is 5.77. The minimum absolute atomic E-state index is 0.0533. The molecule has 0 saturated heterocycles. The first-order chi connectivity index (χ1) is 5.04. The van der Waals surface area contributed by atoms with Gasteiger partial charge in [0.05, 0.1) is 0 Å². The van der Waals surface area contributed by atoms with Gasteiger partial charge in [-0.3, -0.25) is 0 Å². The molecule has 60 valence electrons. The number of anilines is 1. The third kappa shape index (κ3) is 0.977. The van der Waals surface area contributed by atoms with E-state index in [1.54, 1.807) is 0 Å². The second-order valence-electron chi connectivity index (χ2n) is 2.01. The van der Waals surface area contributed by atoms with Crippen LogP contribution in [-0.4, -0.2) is 26.0 Å². The Labute approximate surface area is 61.9 Å². The van der Waals surface area contributed by atoms with E-state index in [2.05, 4.69) is 5.10 Å². The van der Waals surface area contributed by atoms with Crippen molar-refractivity contribution in [1.29, 1.82) is 0 Å². The number of aromatic hydroxyl groups is 1. The van der Waals surface area contributed by atoms with Gasteiger partial charge in [-0.1, -0.05) is 0 Å². The topological polar surface area (TPSA) is 101 Å². The number of nitrogens with zero attached hydrogens (tertiary/aromatic N) is 2. The number of aryl methyl sites for hydroxylation is 1. The van der Waals surface area contributed by atoms with Crippen LogP contribution in [0.1, 0.15) is 10.5 Å². The Balaban J connectivity index is 3.29. The standard InChI is InChI=1S/C5H7N3O3/c1-8-4(6)3(9)2(7-8)5(10)11/h9H,6H2,1H3,(H,10,11). The van der Waals surface area contributed by atoms with Crippen molar-refractivity contribution in [3.63, 3.8) is 0 Å². The maximum Gasteiger partial charge on any atom is 0.360 e. The summed E-state index contributed by atoms with van der Waals surface area (Å²) in [4.78, 5) is 10.3. The molecule has 0 aliphatic rings. The molecule has 1 aromatic rings. The molecule has 1 heterocycles. The Morgan fingerprint density at radius 3 is 2.45 bits per heavy atom. The zero-order valence-electron chi connectivity index (χ0n) is 5.77. The fraction of sp³-hybridized carbons (Fsp3) is 0.200. The molecule has 11 heavy (non-hydrogen) atoms. The number of carbonyl (C=O) groups is 1. The van der Waals surface area contributed by atoms with Crippen LogP contribution in [0.3, 0.4) is 0 Å². The first-order valence-corrected chi connectivity index (χ1v) is 2.78. The highest BCUT2D eigenvalue weighted by Gasteiger charge is 2.18. The van der Waals surface area contributed by atoms with Gasteiger partial charge >= 0.3 is 5.97 Å². The van der Waals surface area contributed by atoms with Crippen molar-refractivity contribution in [3.05, 3.63) is 5.69 Å². The second kappa shape index (κ2) is 2.15. The highest BCUT2D eigenvalue weighted by atomic mass is 16.4. The number of carboxylic acids is 1. The van der Waals surface area contributed by atoms with Crippen LogP contribution in [0, 0.1) is 0 Å². The smallest absolute Gasteiger partial charge is 0.360 e. The van der Waals surface area contributed by atoms with Crippen LogP contribution in [0.5, 0.6) is 5.75 Å². The molecular formula is C5H7N3O3. The average Bonchev–Trinajstić information content (AvgIpc) is 2.17. The van der Waals surface area contributed by atoms with E-state index in [9.17, 15) is 4.79 Å². The zero-order chi connectivity index (χ0) is 8.59. The lowest BCUT2D eigenvalue weighted by molar-refractivity contribution is 0.0686. The van der Waals surface area contributed by atoms with Gasteiger partial charge < -0.3 is 15.9 Å². The van der Waals surface area contributed by atoms with E-state index < -0.39 is 17.4 Å². The van der Waals surface area contributed by atoms with Gasteiger partial charge in [0.2, 0.25) is 5.69 Å². The summed E-state index contributed by atoms with van der Waals surface area (Å²) in [6, 6.07) is 0. The van der Waals surface area contributed by atoms with E-state index in [4.69, 9.17) is 15.9 Å². The molecule has 0 radical (unpaired) electrons. The number of hydrogen-bond donors (Lipinski definition) is 3. The fourth-order valence-electron chi connectivity index (χ4n) is 0.670. The first kappa shape index (κ1) is 7.39. The summed E-state index contributed by atoms with van der Waals surface area (Å²) in [5.74, 6) is -1.84. The number of nitrogen functional groups attached to an aromatic ring is 1. The SMILES string of the molecule is Cn1nc(C(=O)O)c(O)c1N. The number of aromatic carboxylic acids is 1. The fourth-order valence-corrected chi connectivity index (χ4v) is 0.670. The van der Waals surface area contributed by atoms with Gasteiger partial charge in [0.25, 0.3) is 0 Å². The van der Waals surface area contributed by atoms with Gasteiger partial charge in [0, 0.05) is 7.05 Å². The van der Waals surface area contributed by atoms with Crippen LogP contribution in [0.4, 0.5) is 5.82 Å². The molecule has 6 heteroatoms. The highest BCUT2D eigenvalue weighted by Crippen LogP contribution is 2.22. The van der Waals surface area contributed by atoms with E-state index in [1.165, 1.54) is 7.05 Å². The van der Waals surface area contributed by atoms with Gasteiger partial charge in [0.15, 0.2) is 11.6 Å². The number of hydrogen-bond acceptors (Lipinski definition) is 4. The van der Waals surface area contributed by atoms with Crippen molar-refractivity contribution in [3.8, 4) is 5.75 Å². The summed E-state index contributed by atoms with van der Waals surface area (Å²) >= 11 is 0. The van der Waals surface area contributed by atoms with Crippen molar-refractivity contribution < 1.29 is 15.0 Å². The minimum Gasteiger partial charge on any atom is -0.503 e. The van der Waals surface area contributed by atoms with Gasteiger partial charge in [-0.05, 0) is 0 Å². The molecule has 0 aromatic carbocycles. The monoisotopic (exact) mass is 157 g/mol. The molecule has 0 bridgehead atoms. The van der Waals surface area contributed by atoms with Crippen molar-refractivity contribution >= 4 is 11.8 Å². The Bertz CT molecular complexity index is 304. The summed E-state index contributed by atoms with van der Waals surface area (Å²) in [7, 11) is 1.45. The Kier molecular flexibility index (Phi) is 1.45. The third-order valence-corrected chi connectivity index (χ3v) is 1.27. The summed E-state index contributed by atoms with van der Waals surface area (Å²) in [5.41, 5.74) is 4.80. The van der Waals surface area contributed by atoms with Crippen molar-refractivity contribution in [2.24, 2.45) is 7.05 Å². The van der Waals surface area contributed by atoms with Gasteiger partial charge in [-0.15, -0.1) is 0 Å². The third-order valence-electron chi connectivity index (χ3n) is 1.27. The van der Waals surface area contributed by atoms with Crippen LogP contribution < -0.4 is 5.73 Å². The van der Waals surface area contributed by atoms with Crippen molar-refractivity contribution in [1.82, 2.24) is 9.78 Å². The minimum atomic E-state index is -1.30. The van der Waals surface area contributed by atoms with E-state index in [0.717, 1.165) is 4.68 Å². The number of aromatic nitrogens is 2. The molecule has 1 aromatic heterocycles. The lowest BCUT2D eigenvalue weighted by Crippen LogP contribution is -2.00. The first-order valence-electron chi connectivity index (χ1n) is 2.78. The van der Waals surface area contributed by atoms with Crippen LogP contribution >= 0.6 is 0 Å².